The smallest absolute Gasteiger partial charge is 0.222 e. The van der Waals surface area contributed by atoms with Gasteiger partial charge in [0.1, 0.15) is 12.7 Å². The highest BCUT2D eigenvalue weighted by Gasteiger charge is 2.24. The fraction of sp³-hybridized carbons (Fsp3) is 0.533. The van der Waals surface area contributed by atoms with Crippen molar-refractivity contribution >= 4 is 17.2 Å². The molecule has 5 nitrogen and oxygen atoms in total. The largest absolute Gasteiger partial charge is 0.341 e. The number of amides is 1. The van der Waals surface area contributed by atoms with Gasteiger partial charge in [-0.05, 0) is 37.1 Å². The van der Waals surface area contributed by atoms with Gasteiger partial charge in [-0.3, -0.25) is 4.79 Å². The number of likely N-dealkylation sites (tertiary alicyclic amines) is 1. The number of aryl methyl sites for hydroxylation is 1. The molecule has 21 heavy (non-hydrogen) atoms. The average molecular weight is 304 g/mol. The Morgan fingerprint density at radius 3 is 3.19 bits per heavy atom. The number of carbonyl (C=O) groups excluding carboxylic acids is 1. The maximum Gasteiger partial charge on any atom is 0.222 e. The molecule has 6 heteroatoms. The highest BCUT2D eigenvalue weighted by atomic mass is 32.1. The number of aromatic nitrogens is 3. The van der Waals surface area contributed by atoms with Crippen LogP contribution < -0.4 is 0 Å². The number of carbonyl (C=O) groups is 1. The highest BCUT2D eigenvalue weighted by Crippen LogP contribution is 2.21. The van der Waals surface area contributed by atoms with Gasteiger partial charge in [-0.25, -0.2) is 9.67 Å². The Hall–Kier alpha value is -1.69. The zero-order valence-electron chi connectivity index (χ0n) is 12.0. The second kappa shape index (κ2) is 6.85. The second-order valence-corrected chi connectivity index (χ2v) is 6.48. The lowest BCUT2D eigenvalue weighted by molar-refractivity contribution is -0.133. The summed E-state index contributed by atoms with van der Waals surface area (Å²) in [6.45, 7) is 1.64. The molecule has 0 N–H and O–H groups in total. The highest BCUT2D eigenvalue weighted by molar-refractivity contribution is 7.09. The van der Waals surface area contributed by atoms with Crippen molar-refractivity contribution in [3.8, 4) is 0 Å². The summed E-state index contributed by atoms with van der Waals surface area (Å²) in [4.78, 5) is 19.7. The maximum atomic E-state index is 12.3. The van der Waals surface area contributed by atoms with Gasteiger partial charge in [0.2, 0.25) is 5.91 Å². The van der Waals surface area contributed by atoms with Crippen LogP contribution in [0.3, 0.4) is 0 Å². The van der Waals surface area contributed by atoms with Crippen molar-refractivity contribution in [1.29, 1.82) is 0 Å². The van der Waals surface area contributed by atoms with Crippen molar-refractivity contribution < 1.29 is 4.79 Å². The standard InChI is InChI=1S/C15H20N4OS/c20-15(7-1-5-14-6-3-9-21-14)18-8-2-4-13(10-18)19-12-16-11-17-19/h3,6,9,11-13H,1-2,4-5,7-8,10H2. The molecule has 0 saturated carbocycles. The van der Waals surface area contributed by atoms with Crippen LogP contribution in [0.25, 0.3) is 0 Å². The molecule has 1 fully saturated rings. The quantitative estimate of drug-likeness (QED) is 0.853. The van der Waals surface area contributed by atoms with Gasteiger partial charge < -0.3 is 4.90 Å². The number of hydrogen-bond donors (Lipinski definition) is 0. The molecule has 0 bridgehead atoms. The van der Waals surface area contributed by atoms with E-state index in [1.54, 1.807) is 24.0 Å². The minimum absolute atomic E-state index is 0.274. The van der Waals surface area contributed by atoms with Crippen LogP contribution in [-0.2, 0) is 11.2 Å². The van der Waals surface area contributed by atoms with Gasteiger partial charge in [-0.15, -0.1) is 11.3 Å². The van der Waals surface area contributed by atoms with Crippen LogP contribution in [0.2, 0.25) is 0 Å². The summed E-state index contributed by atoms with van der Waals surface area (Å²) < 4.78 is 1.88. The fourth-order valence-corrected chi connectivity index (χ4v) is 3.58. The predicted molar refractivity (Wildman–Crippen MR) is 82.1 cm³/mol. The fourth-order valence-electron chi connectivity index (χ4n) is 2.83. The van der Waals surface area contributed by atoms with E-state index in [9.17, 15) is 4.79 Å². The Balaban J connectivity index is 1.48. The topological polar surface area (TPSA) is 51.0 Å². The molecule has 0 radical (unpaired) electrons. The molecule has 1 saturated heterocycles. The summed E-state index contributed by atoms with van der Waals surface area (Å²) in [5, 5.41) is 6.29. The number of hydrogen-bond acceptors (Lipinski definition) is 4. The van der Waals surface area contributed by atoms with E-state index in [1.165, 1.54) is 4.88 Å². The van der Waals surface area contributed by atoms with Crippen LogP contribution in [0, 0.1) is 0 Å². The Kier molecular flexibility index (Phi) is 4.65. The lowest BCUT2D eigenvalue weighted by Gasteiger charge is -2.32. The van der Waals surface area contributed by atoms with Crippen molar-refractivity contribution in [2.75, 3.05) is 13.1 Å². The molecule has 2 aromatic rings. The molecule has 0 aliphatic carbocycles. The molecule has 3 rings (SSSR count). The van der Waals surface area contributed by atoms with E-state index in [2.05, 4.69) is 27.6 Å². The SMILES string of the molecule is O=C(CCCc1cccs1)N1CCCC(n2cncn2)C1. The first kappa shape index (κ1) is 14.3. The molecule has 2 aromatic heterocycles. The summed E-state index contributed by atoms with van der Waals surface area (Å²) in [7, 11) is 0. The van der Waals surface area contributed by atoms with Crippen LogP contribution in [0.5, 0.6) is 0 Å². The van der Waals surface area contributed by atoms with Gasteiger partial charge >= 0.3 is 0 Å². The minimum atomic E-state index is 0.274. The van der Waals surface area contributed by atoms with Crippen LogP contribution in [0.1, 0.15) is 36.6 Å². The first-order valence-electron chi connectivity index (χ1n) is 7.47. The summed E-state index contributed by atoms with van der Waals surface area (Å²) in [6.07, 6.45) is 8.00. The molecular formula is C15H20N4OS. The van der Waals surface area contributed by atoms with E-state index >= 15 is 0 Å². The Bertz CT molecular complexity index is 552. The van der Waals surface area contributed by atoms with E-state index in [-0.39, 0.29) is 11.9 Å². The lowest BCUT2D eigenvalue weighted by Crippen LogP contribution is -2.40. The van der Waals surface area contributed by atoms with Crippen molar-refractivity contribution in [2.45, 2.75) is 38.1 Å². The van der Waals surface area contributed by atoms with Gasteiger partial charge in [0.15, 0.2) is 0 Å². The first-order chi connectivity index (χ1) is 10.3. The molecule has 0 aromatic carbocycles. The molecule has 112 valence electrons. The van der Waals surface area contributed by atoms with E-state index < -0.39 is 0 Å². The normalized spacial score (nSPS) is 18.9. The second-order valence-electron chi connectivity index (χ2n) is 5.44. The van der Waals surface area contributed by atoms with Gasteiger partial charge in [-0.2, -0.15) is 5.10 Å². The zero-order valence-corrected chi connectivity index (χ0v) is 12.8. The first-order valence-corrected chi connectivity index (χ1v) is 8.35. The van der Waals surface area contributed by atoms with Crippen molar-refractivity contribution in [2.24, 2.45) is 0 Å². The van der Waals surface area contributed by atoms with Crippen LogP contribution in [0.15, 0.2) is 30.2 Å². The molecule has 3 heterocycles. The van der Waals surface area contributed by atoms with Crippen LogP contribution >= 0.6 is 11.3 Å². The predicted octanol–water partition coefficient (Wildman–Crippen LogP) is 2.53. The number of piperidine rings is 1. The lowest BCUT2D eigenvalue weighted by atomic mass is 10.1. The molecule has 1 aliphatic heterocycles. The van der Waals surface area contributed by atoms with E-state index in [1.807, 2.05) is 9.58 Å². The number of nitrogens with zero attached hydrogens (tertiary/aromatic N) is 4. The summed E-state index contributed by atoms with van der Waals surface area (Å²) in [5.74, 6) is 0.274. The van der Waals surface area contributed by atoms with Crippen LogP contribution in [0.4, 0.5) is 0 Å². The van der Waals surface area contributed by atoms with Gasteiger partial charge in [-0.1, -0.05) is 6.07 Å². The number of thiophene rings is 1. The van der Waals surface area contributed by atoms with Gasteiger partial charge in [0, 0.05) is 24.4 Å². The zero-order chi connectivity index (χ0) is 14.5. The van der Waals surface area contributed by atoms with Crippen molar-refractivity contribution in [1.82, 2.24) is 19.7 Å². The molecular weight excluding hydrogens is 284 g/mol. The van der Waals surface area contributed by atoms with E-state index in [0.717, 1.165) is 38.8 Å². The minimum Gasteiger partial charge on any atom is -0.341 e. The Morgan fingerprint density at radius 2 is 2.43 bits per heavy atom. The third-order valence-electron chi connectivity index (χ3n) is 3.95. The molecule has 0 spiro atoms. The Labute approximate surface area is 128 Å². The van der Waals surface area contributed by atoms with E-state index in [4.69, 9.17) is 0 Å². The molecule has 1 aliphatic rings. The summed E-state index contributed by atoms with van der Waals surface area (Å²) in [5.41, 5.74) is 0. The van der Waals surface area contributed by atoms with Crippen LogP contribution in [-0.4, -0.2) is 38.7 Å². The maximum absolute atomic E-state index is 12.3. The third-order valence-corrected chi connectivity index (χ3v) is 4.89. The summed E-state index contributed by atoms with van der Waals surface area (Å²) >= 11 is 1.77. The van der Waals surface area contributed by atoms with E-state index in [0.29, 0.717) is 6.42 Å². The molecule has 1 atom stereocenters. The van der Waals surface area contributed by atoms with Crippen molar-refractivity contribution in [3.63, 3.8) is 0 Å². The molecule has 1 amide bonds. The third kappa shape index (κ3) is 3.69. The van der Waals surface area contributed by atoms with Crippen molar-refractivity contribution in [3.05, 3.63) is 35.0 Å². The van der Waals surface area contributed by atoms with Gasteiger partial charge in [0.05, 0.1) is 6.04 Å². The average Bonchev–Trinajstić information content (AvgIpc) is 3.21. The molecule has 1 unspecified atom stereocenters. The van der Waals surface area contributed by atoms with Gasteiger partial charge in [0.25, 0.3) is 0 Å². The monoisotopic (exact) mass is 304 g/mol. The summed E-state index contributed by atoms with van der Waals surface area (Å²) in [6, 6.07) is 4.48. The number of rotatable bonds is 5. The Morgan fingerprint density at radius 1 is 1.48 bits per heavy atom.